The van der Waals surface area contributed by atoms with E-state index in [9.17, 15) is 21.6 Å². The van der Waals surface area contributed by atoms with Crippen molar-refractivity contribution in [2.45, 2.75) is 25.1 Å². The molecule has 0 unspecified atom stereocenters. The van der Waals surface area contributed by atoms with Gasteiger partial charge >= 0.3 is 0 Å². The summed E-state index contributed by atoms with van der Waals surface area (Å²) < 4.78 is 67.2. The zero-order valence-electron chi connectivity index (χ0n) is 17.5. The SMILES string of the molecule is Cn1cc(Cl)c(Nc2nc(C(F)F)cc3cnc(N[C@H]4CCN(S(C)(=O)=O)C[C@@H]4F)nc23)n1. The molecule has 1 aliphatic heterocycles. The molecule has 3 aromatic heterocycles. The van der Waals surface area contributed by atoms with Crippen LogP contribution in [0.5, 0.6) is 0 Å². The van der Waals surface area contributed by atoms with Crippen LogP contribution >= 0.6 is 11.6 Å². The number of nitrogens with one attached hydrogen (secondary N) is 2. The number of rotatable bonds is 6. The fourth-order valence-corrected chi connectivity index (χ4v) is 4.57. The zero-order chi connectivity index (χ0) is 23.9. The summed E-state index contributed by atoms with van der Waals surface area (Å²) in [5.41, 5.74) is -0.291. The van der Waals surface area contributed by atoms with Gasteiger partial charge in [-0.25, -0.2) is 36.5 Å². The van der Waals surface area contributed by atoms with Gasteiger partial charge in [-0.2, -0.15) is 9.40 Å². The molecule has 0 bridgehead atoms. The van der Waals surface area contributed by atoms with E-state index in [1.54, 1.807) is 7.05 Å². The number of aromatic nitrogens is 5. The van der Waals surface area contributed by atoms with Crippen LogP contribution in [-0.2, 0) is 17.1 Å². The summed E-state index contributed by atoms with van der Waals surface area (Å²) in [6, 6.07) is 0.438. The minimum atomic E-state index is -3.49. The van der Waals surface area contributed by atoms with Crippen molar-refractivity contribution in [2.75, 3.05) is 30.0 Å². The second-order valence-corrected chi connectivity index (χ2v) is 10.0. The maximum atomic E-state index is 14.6. The molecular weight excluding hydrogens is 485 g/mol. The van der Waals surface area contributed by atoms with E-state index in [2.05, 4.69) is 30.7 Å². The molecule has 0 radical (unpaired) electrons. The summed E-state index contributed by atoms with van der Waals surface area (Å²) in [6.45, 7) is -0.136. The first-order chi connectivity index (χ1) is 15.5. The van der Waals surface area contributed by atoms with Crippen molar-refractivity contribution in [3.63, 3.8) is 0 Å². The lowest BCUT2D eigenvalue weighted by atomic mass is 10.1. The average molecular weight is 505 g/mol. The Hall–Kier alpha value is -2.71. The van der Waals surface area contributed by atoms with Gasteiger partial charge in [-0.05, 0) is 12.5 Å². The number of halogens is 4. The van der Waals surface area contributed by atoms with E-state index in [4.69, 9.17) is 11.6 Å². The highest BCUT2D eigenvalue weighted by Crippen LogP contribution is 2.30. The average Bonchev–Trinajstić information content (AvgIpc) is 3.05. The predicted octanol–water partition coefficient (Wildman–Crippen LogP) is 2.88. The summed E-state index contributed by atoms with van der Waals surface area (Å²) in [6.07, 6.45) is -0.246. The number of aryl methyl sites for hydroxylation is 1. The van der Waals surface area contributed by atoms with Gasteiger partial charge < -0.3 is 10.6 Å². The summed E-state index contributed by atoms with van der Waals surface area (Å²) in [4.78, 5) is 12.4. The molecule has 178 valence electrons. The third kappa shape index (κ3) is 5.12. The molecule has 0 aromatic carbocycles. The number of hydrogen-bond donors (Lipinski definition) is 2. The lowest BCUT2D eigenvalue weighted by molar-refractivity contribution is 0.146. The van der Waals surface area contributed by atoms with E-state index < -0.39 is 34.4 Å². The Morgan fingerprint density at radius 2 is 2.03 bits per heavy atom. The topological polar surface area (TPSA) is 118 Å². The van der Waals surface area contributed by atoms with Crippen LogP contribution in [0.25, 0.3) is 10.9 Å². The van der Waals surface area contributed by atoms with Gasteiger partial charge in [0.1, 0.15) is 22.4 Å². The Morgan fingerprint density at radius 3 is 2.64 bits per heavy atom. The van der Waals surface area contributed by atoms with E-state index in [1.807, 2.05) is 0 Å². The van der Waals surface area contributed by atoms with Crippen molar-refractivity contribution in [1.82, 2.24) is 29.0 Å². The van der Waals surface area contributed by atoms with Gasteiger partial charge in [-0.1, -0.05) is 11.6 Å². The summed E-state index contributed by atoms with van der Waals surface area (Å²) in [5.74, 6) is 0.228. The highest BCUT2D eigenvalue weighted by Gasteiger charge is 2.33. The quantitative estimate of drug-likeness (QED) is 0.526. The number of anilines is 3. The highest BCUT2D eigenvalue weighted by atomic mass is 35.5. The van der Waals surface area contributed by atoms with Gasteiger partial charge in [0.15, 0.2) is 11.6 Å². The highest BCUT2D eigenvalue weighted by molar-refractivity contribution is 7.88. The minimum Gasteiger partial charge on any atom is -0.348 e. The second-order valence-electron chi connectivity index (χ2n) is 7.63. The first-order valence-electron chi connectivity index (χ1n) is 9.79. The van der Waals surface area contributed by atoms with E-state index in [1.165, 1.54) is 17.1 Å². The number of piperidine rings is 1. The Labute approximate surface area is 192 Å². The molecule has 4 rings (SSSR count). The van der Waals surface area contributed by atoms with Crippen molar-refractivity contribution >= 4 is 50.1 Å². The predicted molar refractivity (Wildman–Crippen MR) is 117 cm³/mol. The van der Waals surface area contributed by atoms with Gasteiger partial charge in [-0.3, -0.25) is 4.68 Å². The Bertz CT molecular complexity index is 1290. The molecule has 15 heteroatoms. The number of alkyl halides is 3. The van der Waals surface area contributed by atoms with Crippen LogP contribution in [0.3, 0.4) is 0 Å². The second kappa shape index (κ2) is 8.91. The number of pyridine rings is 1. The molecule has 3 aromatic rings. The normalized spacial score (nSPS) is 19.8. The first kappa shape index (κ1) is 23.4. The van der Waals surface area contributed by atoms with Crippen molar-refractivity contribution < 1.29 is 21.6 Å². The van der Waals surface area contributed by atoms with E-state index in [0.717, 1.165) is 16.6 Å². The van der Waals surface area contributed by atoms with Crippen LogP contribution in [0.15, 0.2) is 18.5 Å². The number of hydrogen-bond acceptors (Lipinski definition) is 8. The minimum absolute atomic E-state index is 0.0162. The molecule has 1 saturated heterocycles. The van der Waals surface area contributed by atoms with E-state index in [-0.39, 0.29) is 53.0 Å². The Kier molecular flexibility index (Phi) is 6.33. The molecule has 1 aliphatic rings. The van der Waals surface area contributed by atoms with Gasteiger partial charge in [0.05, 0.1) is 12.3 Å². The lowest BCUT2D eigenvalue weighted by Crippen LogP contribution is -2.49. The summed E-state index contributed by atoms with van der Waals surface area (Å²) in [5, 5.41) is 10.3. The number of fused-ring (bicyclic) bond motifs is 1. The molecule has 2 atom stereocenters. The van der Waals surface area contributed by atoms with Crippen molar-refractivity contribution in [2.24, 2.45) is 7.05 Å². The maximum Gasteiger partial charge on any atom is 0.280 e. The molecule has 1 fully saturated rings. The van der Waals surface area contributed by atoms with Gasteiger partial charge in [0.25, 0.3) is 6.43 Å². The molecule has 0 amide bonds. The molecule has 10 nitrogen and oxygen atoms in total. The van der Waals surface area contributed by atoms with E-state index in [0.29, 0.717) is 0 Å². The van der Waals surface area contributed by atoms with Gasteiger partial charge in [0.2, 0.25) is 16.0 Å². The lowest BCUT2D eigenvalue weighted by Gasteiger charge is -2.33. The standard InChI is InChI=1S/C18H20ClF3N8O2S/c1-29-7-10(19)16(28-29)27-17-14-9(5-13(24-17)15(21)22)6-23-18(26-14)25-12-3-4-30(8-11(12)20)33(2,31)32/h5-7,11-12,15H,3-4,8H2,1-2H3,(H,23,25,26)(H,24,27,28)/t11-,12-/m0/s1. The van der Waals surface area contributed by atoms with Crippen LogP contribution in [0.2, 0.25) is 5.02 Å². The fraction of sp³-hybridized carbons (Fsp3) is 0.444. The van der Waals surface area contributed by atoms with Crippen molar-refractivity contribution in [3.8, 4) is 0 Å². The maximum absolute atomic E-state index is 14.6. The molecule has 2 N–H and O–H groups in total. The number of nitrogens with zero attached hydrogens (tertiary/aromatic N) is 6. The Morgan fingerprint density at radius 1 is 1.27 bits per heavy atom. The van der Waals surface area contributed by atoms with Gasteiger partial charge in [-0.15, -0.1) is 0 Å². The molecule has 33 heavy (non-hydrogen) atoms. The van der Waals surface area contributed by atoms with Crippen LogP contribution in [0.1, 0.15) is 18.5 Å². The molecule has 0 spiro atoms. The smallest absolute Gasteiger partial charge is 0.280 e. The summed E-state index contributed by atoms with van der Waals surface area (Å²) >= 11 is 6.11. The van der Waals surface area contributed by atoms with E-state index >= 15 is 0 Å². The van der Waals surface area contributed by atoms with Crippen LogP contribution in [0.4, 0.5) is 30.8 Å². The molecule has 0 aliphatic carbocycles. The largest absolute Gasteiger partial charge is 0.348 e. The summed E-state index contributed by atoms with van der Waals surface area (Å²) in [7, 11) is -1.85. The first-order valence-corrected chi connectivity index (χ1v) is 12.0. The third-order valence-electron chi connectivity index (χ3n) is 5.12. The number of sulfonamides is 1. The van der Waals surface area contributed by atoms with Crippen LogP contribution < -0.4 is 10.6 Å². The third-order valence-corrected chi connectivity index (χ3v) is 6.66. The molecular formula is C18H20ClF3N8O2S. The van der Waals surface area contributed by atoms with Crippen molar-refractivity contribution in [3.05, 3.63) is 29.2 Å². The van der Waals surface area contributed by atoms with Crippen LogP contribution in [0, 0.1) is 0 Å². The van der Waals surface area contributed by atoms with Gasteiger partial charge in [0, 0.05) is 37.9 Å². The monoisotopic (exact) mass is 504 g/mol. The molecule has 0 saturated carbocycles. The van der Waals surface area contributed by atoms with Crippen molar-refractivity contribution in [1.29, 1.82) is 0 Å². The molecule has 4 heterocycles. The fourth-order valence-electron chi connectivity index (χ4n) is 3.49. The zero-order valence-corrected chi connectivity index (χ0v) is 19.1. The van der Waals surface area contributed by atoms with Crippen LogP contribution in [-0.4, -0.2) is 69.0 Å². The Balaban J connectivity index is 1.65.